The van der Waals surface area contributed by atoms with E-state index in [1.165, 1.54) is 25.7 Å². The monoisotopic (exact) mass is 310 g/mol. The molecule has 1 heterocycles. The van der Waals surface area contributed by atoms with Gasteiger partial charge in [-0.2, -0.15) is 0 Å². The maximum atomic E-state index is 12.3. The molecule has 0 aliphatic heterocycles. The second-order valence-electron chi connectivity index (χ2n) is 6.03. The molecule has 2 N–H and O–H groups in total. The molecule has 1 aromatic heterocycles. The molecule has 1 saturated carbocycles. The molecule has 0 spiro atoms. The Morgan fingerprint density at radius 1 is 1.13 bits per heavy atom. The summed E-state index contributed by atoms with van der Waals surface area (Å²) in [6, 6.07) is 10.3. The minimum Gasteiger partial charge on any atom is -0.351 e. The maximum absolute atomic E-state index is 12.3. The number of carbonyl (C=O) groups excluding carboxylic acids is 1. The Bertz CT molecular complexity index is 636. The van der Waals surface area contributed by atoms with E-state index < -0.39 is 0 Å². The maximum Gasteiger partial charge on any atom is 0.254 e. The molecule has 1 aromatic carbocycles. The molecular weight excluding hydrogens is 288 g/mol. The molecule has 1 amide bonds. The Balaban J connectivity index is 1.59. The number of nitrogens with one attached hydrogen (secondary N) is 2. The zero-order valence-electron chi connectivity index (χ0n) is 13.3. The summed E-state index contributed by atoms with van der Waals surface area (Å²) in [6.07, 6.45) is 8.01. The molecule has 5 nitrogen and oxygen atoms in total. The Hall–Kier alpha value is -2.43. The number of carbonyl (C=O) groups is 1. The summed E-state index contributed by atoms with van der Waals surface area (Å²) in [5.41, 5.74) is 1.55. The lowest BCUT2D eigenvalue weighted by atomic mass is 10.1. The van der Waals surface area contributed by atoms with Gasteiger partial charge in [-0.05, 0) is 25.3 Å². The first-order chi connectivity index (χ1) is 11.2. The summed E-state index contributed by atoms with van der Waals surface area (Å²) in [6.45, 7) is 1.96. The summed E-state index contributed by atoms with van der Waals surface area (Å²) < 4.78 is 0. The van der Waals surface area contributed by atoms with Crippen LogP contribution in [0.5, 0.6) is 0 Å². The molecule has 1 aliphatic rings. The zero-order valence-corrected chi connectivity index (χ0v) is 13.3. The van der Waals surface area contributed by atoms with Gasteiger partial charge in [-0.3, -0.25) is 4.79 Å². The molecule has 1 fully saturated rings. The van der Waals surface area contributed by atoms with Crippen molar-refractivity contribution in [2.24, 2.45) is 0 Å². The second kappa shape index (κ2) is 7.22. The number of hydrogen-bond acceptors (Lipinski definition) is 4. The van der Waals surface area contributed by atoms with Crippen molar-refractivity contribution in [3.05, 3.63) is 53.9 Å². The van der Waals surface area contributed by atoms with Gasteiger partial charge >= 0.3 is 0 Å². The van der Waals surface area contributed by atoms with Crippen LogP contribution in [0.3, 0.4) is 0 Å². The summed E-state index contributed by atoms with van der Waals surface area (Å²) in [5.74, 6) is 0.443. The molecule has 3 rings (SSSR count). The number of rotatable bonds is 5. The summed E-state index contributed by atoms with van der Waals surface area (Å²) in [7, 11) is 0. The molecule has 1 atom stereocenters. The highest BCUT2D eigenvalue weighted by atomic mass is 16.1. The lowest BCUT2D eigenvalue weighted by Gasteiger charge is -2.14. The van der Waals surface area contributed by atoms with Gasteiger partial charge in [0.15, 0.2) is 0 Å². The van der Waals surface area contributed by atoms with E-state index >= 15 is 0 Å². The van der Waals surface area contributed by atoms with Crippen LogP contribution in [-0.4, -0.2) is 21.9 Å². The van der Waals surface area contributed by atoms with Gasteiger partial charge in [0.1, 0.15) is 0 Å². The van der Waals surface area contributed by atoms with E-state index in [-0.39, 0.29) is 11.9 Å². The highest BCUT2D eigenvalue weighted by Gasteiger charge is 2.16. The molecule has 1 unspecified atom stereocenters. The van der Waals surface area contributed by atoms with Gasteiger partial charge in [0.25, 0.3) is 5.91 Å². The molecule has 0 saturated heterocycles. The number of benzene rings is 1. The third kappa shape index (κ3) is 4.06. The van der Waals surface area contributed by atoms with Gasteiger partial charge in [0, 0.05) is 18.4 Å². The number of nitrogens with zero attached hydrogens (tertiary/aromatic N) is 2. The largest absolute Gasteiger partial charge is 0.351 e. The van der Waals surface area contributed by atoms with Gasteiger partial charge < -0.3 is 10.6 Å². The van der Waals surface area contributed by atoms with Gasteiger partial charge in [-0.1, -0.05) is 43.2 Å². The van der Waals surface area contributed by atoms with Gasteiger partial charge in [-0.25, -0.2) is 9.97 Å². The highest BCUT2D eigenvalue weighted by Crippen LogP contribution is 2.20. The van der Waals surface area contributed by atoms with Gasteiger partial charge in [0.2, 0.25) is 5.95 Å². The third-order valence-corrected chi connectivity index (χ3v) is 4.25. The minimum atomic E-state index is -0.159. The van der Waals surface area contributed by atoms with Crippen molar-refractivity contribution in [2.45, 2.75) is 44.7 Å². The molecule has 120 valence electrons. The van der Waals surface area contributed by atoms with Crippen molar-refractivity contribution in [1.82, 2.24) is 15.3 Å². The number of hydrogen-bond donors (Lipinski definition) is 2. The molecule has 5 heteroatoms. The van der Waals surface area contributed by atoms with Crippen molar-refractivity contribution < 1.29 is 4.79 Å². The number of anilines is 1. The first-order valence-corrected chi connectivity index (χ1v) is 8.17. The average Bonchev–Trinajstić information content (AvgIpc) is 3.09. The van der Waals surface area contributed by atoms with E-state index in [0.29, 0.717) is 17.6 Å². The van der Waals surface area contributed by atoms with E-state index in [4.69, 9.17) is 0 Å². The van der Waals surface area contributed by atoms with Gasteiger partial charge in [0.05, 0.1) is 11.6 Å². The summed E-state index contributed by atoms with van der Waals surface area (Å²) in [4.78, 5) is 20.8. The van der Waals surface area contributed by atoms with Crippen LogP contribution in [0.15, 0.2) is 42.7 Å². The van der Waals surface area contributed by atoms with Crippen molar-refractivity contribution in [3.63, 3.8) is 0 Å². The Morgan fingerprint density at radius 2 is 1.78 bits per heavy atom. The Labute approximate surface area is 136 Å². The molecule has 1 aliphatic carbocycles. The number of amides is 1. The van der Waals surface area contributed by atoms with E-state index in [0.717, 1.165) is 5.56 Å². The second-order valence-corrected chi connectivity index (χ2v) is 6.03. The van der Waals surface area contributed by atoms with Crippen molar-refractivity contribution in [3.8, 4) is 0 Å². The van der Waals surface area contributed by atoms with Crippen LogP contribution in [0.4, 0.5) is 5.95 Å². The Kier molecular flexibility index (Phi) is 4.86. The SMILES string of the molecule is CC(NC(=O)c1cnc(NC2CCCC2)nc1)c1ccccc1. The zero-order chi connectivity index (χ0) is 16.1. The van der Waals surface area contributed by atoms with E-state index in [1.807, 2.05) is 37.3 Å². The van der Waals surface area contributed by atoms with Crippen LogP contribution in [0.2, 0.25) is 0 Å². The predicted molar refractivity (Wildman–Crippen MR) is 90.2 cm³/mol. The molecule has 2 aromatic rings. The smallest absolute Gasteiger partial charge is 0.254 e. The van der Waals surface area contributed by atoms with Crippen molar-refractivity contribution >= 4 is 11.9 Å². The van der Waals surface area contributed by atoms with Gasteiger partial charge in [-0.15, -0.1) is 0 Å². The fourth-order valence-electron chi connectivity index (χ4n) is 2.88. The van der Waals surface area contributed by atoms with Crippen LogP contribution in [0, 0.1) is 0 Å². The molecule has 0 bridgehead atoms. The standard InChI is InChI=1S/C18H22N4O/c1-13(14-7-3-2-4-8-14)21-17(23)15-11-19-18(20-12-15)22-16-9-5-6-10-16/h2-4,7-8,11-13,16H,5-6,9-10H2,1H3,(H,21,23)(H,19,20,22). The van der Waals surface area contributed by atoms with E-state index in [1.54, 1.807) is 12.4 Å². The molecular formula is C18H22N4O. The van der Waals surface area contributed by atoms with Crippen LogP contribution in [-0.2, 0) is 0 Å². The highest BCUT2D eigenvalue weighted by molar-refractivity contribution is 5.93. The fraction of sp³-hybridized carbons (Fsp3) is 0.389. The predicted octanol–water partition coefficient (Wildman–Crippen LogP) is 3.32. The first kappa shape index (κ1) is 15.5. The summed E-state index contributed by atoms with van der Waals surface area (Å²) in [5, 5.41) is 6.29. The fourth-order valence-corrected chi connectivity index (χ4v) is 2.88. The van der Waals surface area contributed by atoms with Crippen LogP contribution in [0.1, 0.15) is 54.6 Å². The Morgan fingerprint density at radius 3 is 2.43 bits per heavy atom. The molecule has 0 radical (unpaired) electrons. The van der Waals surface area contributed by atoms with Crippen LogP contribution >= 0.6 is 0 Å². The number of aromatic nitrogens is 2. The topological polar surface area (TPSA) is 66.9 Å². The van der Waals surface area contributed by atoms with E-state index in [9.17, 15) is 4.79 Å². The lowest BCUT2D eigenvalue weighted by molar-refractivity contribution is 0.0939. The van der Waals surface area contributed by atoms with Crippen molar-refractivity contribution in [2.75, 3.05) is 5.32 Å². The normalized spacial score (nSPS) is 16.0. The lowest BCUT2D eigenvalue weighted by Crippen LogP contribution is -2.27. The quantitative estimate of drug-likeness (QED) is 0.889. The minimum absolute atomic E-state index is 0.0556. The first-order valence-electron chi connectivity index (χ1n) is 8.17. The van der Waals surface area contributed by atoms with Crippen LogP contribution in [0.25, 0.3) is 0 Å². The van der Waals surface area contributed by atoms with E-state index in [2.05, 4.69) is 20.6 Å². The summed E-state index contributed by atoms with van der Waals surface area (Å²) >= 11 is 0. The van der Waals surface area contributed by atoms with Crippen LogP contribution < -0.4 is 10.6 Å². The average molecular weight is 310 g/mol. The van der Waals surface area contributed by atoms with Crippen molar-refractivity contribution in [1.29, 1.82) is 0 Å². The molecule has 23 heavy (non-hydrogen) atoms. The third-order valence-electron chi connectivity index (χ3n) is 4.25.